The van der Waals surface area contributed by atoms with Crippen LogP contribution in [0.25, 0.3) is 11.0 Å². The molecular formula is C23H21F2N3O5S. The molecule has 4 rings (SSSR count). The Balaban J connectivity index is 1.55. The first-order valence-corrected chi connectivity index (χ1v) is 11.4. The van der Waals surface area contributed by atoms with Crippen LogP contribution in [0.1, 0.15) is 11.3 Å². The first kappa shape index (κ1) is 23.6. The van der Waals surface area contributed by atoms with E-state index in [9.17, 15) is 13.3 Å². The number of nitrogens with zero attached hydrogens (tertiary/aromatic N) is 2. The van der Waals surface area contributed by atoms with Gasteiger partial charge in [-0.05, 0) is 5.56 Å². The van der Waals surface area contributed by atoms with Crippen LogP contribution in [-0.4, -0.2) is 40.3 Å². The van der Waals surface area contributed by atoms with E-state index in [4.69, 9.17) is 14.2 Å². The first-order valence-electron chi connectivity index (χ1n) is 10.1. The molecule has 1 atom stereocenters. The summed E-state index contributed by atoms with van der Waals surface area (Å²) in [5, 5.41) is 0.144. The molecule has 0 bridgehead atoms. The highest BCUT2D eigenvalue weighted by Crippen LogP contribution is 2.35. The molecule has 4 aromatic rings. The molecule has 0 fully saturated rings. The maximum Gasteiger partial charge on any atom is 0.387 e. The number of nitrogens with one attached hydrogen (secondary N) is 1. The summed E-state index contributed by atoms with van der Waals surface area (Å²) in [4.78, 5) is 11.5. The summed E-state index contributed by atoms with van der Waals surface area (Å²) in [5.74, 6) is 0.762. The van der Waals surface area contributed by atoms with E-state index in [-0.39, 0.29) is 22.4 Å². The van der Waals surface area contributed by atoms with Gasteiger partial charge in [-0.3, -0.25) is 9.97 Å². The lowest BCUT2D eigenvalue weighted by Crippen LogP contribution is -2.10. The van der Waals surface area contributed by atoms with Gasteiger partial charge < -0.3 is 23.5 Å². The SMILES string of the molecule is COc1cc2[nH]c([S+]([O-])Cc3nccc(OCc4ccccc4)c3OC)nc2cc1OC(F)F. The molecular weight excluding hydrogens is 468 g/mol. The van der Waals surface area contributed by atoms with Gasteiger partial charge in [0.2, 0.25) is 0 Å². The van der Waals surface area contributed by atoms with Crippen molar-refractivity contribution in [2.75, 3.05) is 14.2 Å². The standard InChI is InChI=1S/C23H21F2N3O5S/c1-30-19-10-15-16(11-20(19)33-22(24)25)28-23(27-15)34(29)13-17-21(31-2)18(8-9-26-17)32-12-14-6-4-3-5-7-14/h3-11,22H,12-13H2,1-2H3,(H,27,28). The van der Waals surface area contributed by atoms with Gasteiger partial charge in [-0.25, -0.2) is 0 Å². The van der Waals surface area contributed by atoms with Gasteiger partial charge >= 0.3 is 11.8 Å². The van der Waals surface area contributed by atoms with Crippen LogP contribution in [0.5, 0.6) is 23.0 Å². The minimum absolute atomic E-state index is 0.0109. The average molecular weight is 490 g/mol. The Bertz CT molecular complexity index is 1260. The second kappa shape index (κ2) is 10.6. The minimum Gasteiger partial charge on any atom is -0.609 e. The van der Waals surface area contributed by atoms with Crippen molar-refractivity contribution in [1.82, 2.24) is 15.0 Å². The second-order valence-corrected chi connectivity index (χ2v) is 8.36. The lowest BCUT2D eigenvalue weighted by molar-refractivity contribution is -0.0511. The summed E-state index contributed by atoms with van der Waals surface area (Å²) < 4.78 is 59.4. The number of halogens is 2. The Morgan fingerprint density at radius 3 is 2.53 bits per heavy atom. The molecule has 34 heavy (non-hydrogen) atoms. The number of H-pyrrole nitrogens is 1. The molecule has 0 radical (unpaired) electrons. The first-order chi connectivity index (χ1) is 16.5. The molecule has 2 aromatic heterocycles. The van der Waals surface area contributed by atoms with Crippen molar-refractivity contribution in [3.63, 3.8) is 0 Å². The van der Waals surface area contributed by atoms with Gasteiger partial charge in [-0.2, -0.15) is 13.8 Å². The summed E-state index contributed by atoms with van der Waals surface area (Å²) in [6, 6.07) is 14.1. The molecule has 0 aliphatic carbocycles. The van der Waals surface area contributed by atoms with Crippen molar-refractivity contribution in [2.24, 2.45) is 0 Å². The van der Waals surface area contributed by atoms with Crippen LogP contribution in [0.4, 0.5) is 8.78 Å². The Labute approximate surface area is 197 Å². The van der Waals surface area contributed by atoms with E-state index in [0.29, 0.717) is 34.8 Å². The number of ether oxygens (including phenoxy) is 4. The Morgan fingerprint density at radius 1 is 1.03 bits per heavy atom. The summed E-state index contributed by atoms with van der Waals surface area (Å²) in [5.41, 5.74) is 2.17. The number of alkyl halides is 2. The molecule has 8 nitrogen and oxygen atoms in total. The number of hydrogen-bond donors (Lipinski definition) is 1. The van der Waals surface area contributed by atoms with Crippen LogP contribution in [0, 0.1) is 0 Å². The van der Waals surface area contributed by atoms with Crippen molar-refractivity contribution in [2.45, 2.75) is 24.1 Å². The summed E-state index contributed by atoms with van der Waals surface area (Å²) in [6.07, 6.45) is 1.55. The fraction of sp³-hybridized carbons (Fsp3) is 0.217. The number of rotatable bonds is 10. The molecule has 178 valence electrons. The van der Waals surface area contributed by atoms with Crippen LogP contribution in [-0.2, 0) is 23.5 Å². The predicted molar refractivity (Wildman–Crippen MR) is 121 cm³/mol. The van der Waals surface area contributed by atoms with Crippen molar-refractivity contribution >= 4 is 22.2 Å². The zero-order valence-corrected chi connectivity index (χ0v) is 19.1. The maximum atomic E-state index is 13.1. The maximum absolute atomic E-state index is 13.1. The number of imidazole rings is 1. The van der Waals surface area contributed by atoms with E-state index in [1.54, 1.807) is 12.3 Å². The third-order valence-corrected chi connectivity index (χ3v) is 5.99. The van der Waals surface area contributed by atoms with Crippen LogP contribution in [0.2, 0.25) is 0 Å². The highest BCUT2D eigenvalue weighted by atomic mass is 32.2. The number of hydrogen-bond acceptors (Lipinski definition) is 7. The molecule has 1 unspecified atom stereocenters. The van der Waals surface area contributed by atoms with Crippen molar-refractivity contribution in [3.05, 3.63) is 66.0 Å². The third-order valence-electron chi connectivity index (χ3n) is 4.83. The quantitative estimate of drug-likeness (QED) is 0.328. The lowest BCUT2D eigenvalue weighted by Gasteiger charge is -2.14. The molecule has 0 aliphatic rings. The molecule has 2 heterocycles. The van der Waals surface area contributed by atoms with Gasteiger partial charge in [0.05, 0.1) is 25.3 Å². The Morgan fingerprint density at radius 2 is 1.82 bits per heavy atom. The fourth-order valence-electron chi connectivity index (χ4n) is 3.28. The number of benzene rings is 2. The van der Waals surface area contributed by atoms with E-state index < -0.39 is 17.8 Å². The van der Waals surface area contributed by atoms with Gasteiger partial charge in [0.25, 0.3) is 0 Å². The van der Waals surface area contributed by atoms with E-state index in [0.717, 1.165) is 5.56 Å². The topological polar surface area (TPSA) is 102 Å². The number of fused-ring (bicyclic) bond motifs is 1. The van der Waals surface area contributed by atoms with Gasteiger partial charge in [-0.15, -0.1) is 0 Å². The van der Waals surface area contributed by atoms with E-state index in [1.807, 2.05) is 30.3 Å². The van der Waals surface area contributed by atoms with Crippen molar-refractivity contribution < 1.29 is 32.3 Å². The van der Waals surface area contributed by atoms with Gasteiger partial charge in [0.1, 0.15) is 12.3 Å². The van der Waals surface area contributed by atoms with E-state index in [2.05, 4.69) is 19.7 Å². The predicted octanol–water partition coefficient (Wildman–Crippen LogP) is 4.46. The largest absolute Gasteiger partial charge is 0.609 e. The second-order valence-electron chi connectivity index (χ2n) is 6.99. The van der Waals surface area contributed by atoms with Gasteiger partial charge in [-0.1, -0.05) is 30.3 Å². The minimum atomic E-state index is -3.02. The molecule has 2 aromatic carbocycles. The average Bonchev–Trinajstić information content (AvgIpc) is 3.25. The normalized spacial score (nSPS) is 12.1. The van der Waals surface area contributed by atoms with Crippen LogP contribution >= 0.6 is 0 Å². The van der Waals surface area contributed by atoms with Crippen LogP contribution in [0.3, 0.4) is 0 Å². The smallest absolute Gasteiger partial charge is 0.387 e. The third kappa shape index (κ3) is 5.32. The molecule has 0 saturated carbocycles. The Hall–Kier alpha value is -3.57. The fourth-order valence-corrected chi connectivity index (χ4v) is 4.30. The number of pyridine rings is 1. The van der Waals surface area contributed by atoms with Crippen molar-refractivity contribution in [1.29, 1.82) is 0 Å². The highest BCUT2D eigenvalue weighted by molar-refractivity contribution is 7.90. The van der Waals surface area contributed by atoms with Crippen LogP contribution in [0.15, 0.2) is 59.9 Å². The monoisotopic (exact) mass is 489 g/mol. The molecule has 0 saturated heterocycles. The van der Waals surface area contributed by atoms with E-state index >= 15 is 0 Å². The summed E-state index contributed by atoms with van der Waals surface area (Å²) in [7, 11) is 2.82. The van der Waals surface area contributed by atoms with Gasteiger partial charge in [0.15, 0.2) is 28.8 Å². The van der Waals surface area contributed by atoms with E-state index in [1.165, 1.54) is 26.4 Å². The molecule has 11 heteroatoms. The number of aromatic nitrogens is 3. The molecule has 0 spiro atoms. The molecule has 0 aliphatic heterocycles. The lowest BCUT2D eigenvalue weighted by atomic mass is 10.2. The highest BCUT2D eigenvalue weighted by Gasteiger charge is 2.24. The summed E-state index contributed by atoms with van der Waals surface area (Å²) >= 11 is -1.65. The van der Waals surface area contributed by atoms with Crippen molar-refractivity contribution in [3.8, 4) is 23.0 Å². The number of aromatic amines is 1. The zero-order chi connectivity index (χ0) is 24.1. The summed E-state index contributed by atoms with van der Waals surface area (Å²) in [6.45, 7) is -2.69. The zero-order valence-electron chi connectivity index (χ0n) is 18.3. The molecule has 0 amide bonds. The molecule has 1 N–H and O–H groups in total. The number of methoxy groups -OCH3 is 2. The van der Waals surface area contributed by atoms with Gasteiger partial charge in [0, 0.05) is 35.6 Å². The van der Waals surface area contributed by atoms with Crippen LogP contribution < -0.4 is 18.9 Å². The Kier molecular flexibility index (Phi) is 7.33.